The molecule has 2 aromatic heterocycles. The summed E-state index contributed by atoms with van der Waals surface area (Å²) in [6.07, 6.45) is 1.65. The van der Waals surface area contributed by atoms with Crippen molar-refractivity contribution in [2.45, 2.75) is 6.92 Å². The fourth-order valence-corrected chi connectivity index (χ4v) is 4.22. The standard InChI is InChI=1S/C22H25FN6O/c1-16-12-20(18-13-17(23)2-3-19(18)26-16)27-4-6-28(7-5-27)21-14-22(25-15-24-21)29-8-10-30-11-9-29/h2-3,12-15H,4-11H2,1H3. The van der Waals surface area contributed by atoms with Crippen LogP contribution in [0.2, 0.25) is 0 Å². The van der Waals surface area contributed by atoms with Crippen molar-refractivity contribution >= 4 is 28.2 Å². The Hall–Kier alpha value is -3.00. The number of morpholine rings is 1. The SMILES string of the molecule is Cc1cc(N2CCN(c3cc(N4CCOCC4)ncn3)CC2)c2cc(F)ccc2n1. The second-order valence-corrected chi connectivity index (χ2v) is 7.75. The van der Waals surface area contributed by atoms with E-state index in [-0.39, 0.29) is 5.82 Å². The van der Waals surface area contributed by atoms with E-state index in [0.717, 1.165) is 86.4 Å². The lowest BCUT2D eigenvalue weighted by atomic mass is 10.1. The third-order valence-corrected chi connectivity index (χ3v) is 5.79. The van der Waals surface area contributed by atoms with E-state index in [1.807, 2.05) is 6.92 Å². The predicted octanol–water partition coefficient (Wildman–Crippen LogP) is 2.64. The highest BCUT2D eigenvalue weighted by atomic mass is 19.1. The lowest BCUT2D eigenvalue weighted by Crippen LogP contribution is -2.47. The third kappa shape index (κ3) is 3.75. The van der Waals surface area contributed by atoms with Crippen LogP contribution in [-0.4, -0.2) is 67.4 Å². The Morgan fingerprint density at radius 1 is 0.833 bits per heavy atom. The summed E-state index contributed by atoms with van der Waals surface area (Å²) >= 11 is 0. The molecular formula is C22H25FN6O. The van der Waals surface area contributed by atoms with Gasteiger partial charge in [0.2, 0.25) is 0 Å². The number of aromatic nitrogens is 3. The van der Waals surface area contributed by atoms with Crippen LogP contribution in [0.25, 0.3) is 10.9 Å². The number of piperazine rings is 1. The molecule has 0 aliphatic carbocycles. The second kappa shape index (κ2) is 8.02. The first-order chi connectivity index (χ1) is 14.7. The fourth-order valence-electron chi connectivity index (χ4n) is 4.22. The molecule has 0 radical (unpaired) electrons. The molecular weight excluding hydrogens is 383 g/mol. The number of halogens is 1. The number of hydrogen-bond acceptors (Lipinski definition) is 7. The van der Waals surface area contributed by atoms with Crippen LogP contribution in [-0.2, 0) is 4.74 Å². The Kier molecular flexibility index (Phi) is 5.08. The molecule has 3 aromatic rings. The summed E-state index contributed by atoms with van der Waals surface area (Å²) in [6.45, 7) is 8.53. The predicted molar refractivity (Wildman–Crippen MR) is 116 cm³/mol. The third-order valence-electron chi connectivity index (χ3n) is 5.79. The van der Waals surface area contributed by atoms with Gasteiger partial charge in [-0.15, -0.1) is 0 Å². The van der Waals surface area contributed by atoms with E-state index in [0.29, 0.717) is 0 Å². The molecule has 2 aliphatic heterocycles. The number of pyridine rings is 1. The summed E-state index contributed by atoms with van der Waals surface area (Å²) in [5, 5.41) is 0.866. The maximum Gasteiger partial charge on any atom is 0.134 e. The number of benzene rings is 1. The van der Waals surface area contributed by atoms with Gasteiger partial charge >= 0.3 is 0 Å². The van der Waals surface area contributed by atoms with Gasteiger partial charge in [0.05, 0.1) is 18.7 Å². The van der Waals surface area contributed by atoms with Crippen molar-refractivity contribution in [3.05, 3.63) is 48.2 Å². The summed E-state index contributed by atoms with van der Waals surface area (Å²) in [5.74, 6) is 1.68. The number of anilines is 3. The summed E-state index contributed by atoms with van der Waals surface area (Å²) < 4.78 is 19.3. The molecule has 5 rings (SSSR count). The van der Waals surface area contributed by atoms with Crippen LogP contribution in [0, 0.1) is 12.7 Å². The topological polar surface area (TPSA) is 57.6 Å². The van der Waals surface area contributed by atoms with E-state index in [4.69, 9.17) is 4.74 Å². The molecule has 156 valence electrons. The maximum absolute atomic E-state index is 13.9. The van der Waals surface area contributed by atoms with Gasteiger partial charge in [0.15, 0.2) is 0 Å². The van der Waals surface area contributed by atoms with Crippen LogP contribution in [0.3, 0.4) is 0 Å². The Morgan fingerprint density at radius 2 is 1.50 bits per heavy atom. The molecule has 0 saturated carbocycles. The Bertz CT molecular complexity index is 1050. The Labute approximate surface area is 175 Å². The van der Waals surface area contributed by atoms with Gasteiger partial charge in [-0.05, 0) is 31.2 Å². The number of rotatable bonds is 3. The minimum absolute atomic E-state index is 0.232. The van der Waals surface area contributed by atoms with E-state index in [1.54, 1.807) is 18.5 Å². The second-order valence-electron chi connectivity index (χ2n) is 7.75. The average Bonchev–Trinajstić information content (AvgIpc) is 2.80. The largest absolute Gasteiger partial charge is 0.378 e. The molecule has 8 heteroatoms. The van der Waals surface area contributed by atoms with Crippen LogP contribution in [0.4, 0.5) is 21.7 Å². The molecule has 0 atom stereocenters. The van der Waals surface area contributed by atoms with Gasteiger partial charge in [-0.1, -0.05) is 0 Å². The molecule has 0 spiro atoms. The van der Waals surface area contributed by atoms with Crippen molar-refractivity contribution in [1.29, 1.82) is 0 Å². The fraction of sp³-hybridized carbons (Fsp3) is 0.409. The normalized spacial score (nSPS) is 17.6. The van der Waals surface area contributed by atoms with Crippen LogP contribution >= 0.6 is 0 Å². The zero-order valence-electron chi connectivity index (χ0n) is 17.1. The van der Waals surface area contributed by atoms with E-state index >= 15 is 0 Å². The zero-order chi connectivity index (χ0) is 20.5. The van der Waals surface area contributed by atoms with Crippen LogP contribution in [0.15, 0.2) is 36.7 Å². The van der Waals surface area contributed by atoms with E-state index in [9.17, 15) is 4.39 Å². The van der Waals surface area contributed by atoms with Gasteiger partial charge in [0.1, 0.15) is 23.8 Å². The Balaban J connectivity index is 1.34. The van der Waals surface area contributed by atoms with E-state index in [1.165, 1.54) is 6.07 Å². The van der Waals surface area contributed by atoms with Crippen molar-refractivity contribution in [2.75, 3.05) is 67.2 Å². The first-order valence-corrected chi connectivity index (χ1v) is 10.4. The Morgan fingerprint density at radius 3 is 2.23 bits per heavy atom. The molecule has 0 N–H and O–H groups in total. The lowest BCUT2D eigenvalue weighted by molar-refractivity contribution is 0.122. The number of ether oxygens (including phenoxy) is 1. The van der Waals surface area contributed by atoms with Crippen molar-refractivity contribution in [3.63, 3.8) is 0 Å². The van der Waals surface area contributed by atoms with Crippen LogP contribution < -0.4 is 14.7 Å². The van der Waals surface area contributed by atoms with Crippen molar-refractivity contribution in [1.82, 2.24) is 15.0 Å². The van der Waals surface area contributed by atoms with Gasteiger partial charge in [-0.2, -0.15) is 0 Å². The molecule has 2 aliphatic rings. The minimum atomic E-state index is -0.232. The molecule has 0 bridgehead atoms. The quantitative estimate of drug-likeness (QED) is 0.660. The molecule has 4 heterocycles. The smallest absolute Gasteiger partial charge is 0.134 e. The summed E-state index contributed by atoms with van der Waals surface area (Å²) in [6, 6.07) is 8.94. The van der Waals surface area contributed by atoms with E-state index in [2.05, 4.69) is 41.8 Å². The van der Waals surface area contributed by atoms with Gasteiger partial charge < -0.3 is 19.4 Å². The molecule has 1 aromatic carbocycles. The van der Waals surface area contributed by atoms with Gasteiger partial charge in [0.25, 0.3) is 0 Å². The first kappa shape index (κ1) is 19.0. The van der Waals surface area contributed by atoms with Gasteiger partial charge in [-0.3, -0.25) is 4.98 Å². The lowest BCUT2D eigenvalue weighted by Gasteiger charge is -2.37. The van der Waals surface area contributed by atoms with Crippen molar-refractivity contribution < 1.29 is 9.13 Å². The monoisotopic (exact) mass is 408 g/mol. The van der Waals surface area contributed by atoms with Crippen LogP contribution in [0.1, 0.15) is 5.69 Å². The van der Waals surface area contributed by atoms with Gasteiger partial charge in [-0.25, -0.2) is 14.4 Å². The molecule has 7 nitrogen and oxygen atoms in total. The van der Waals surface area contributed by atoms with Crippen LogP contribution in [0.5, 0.6) is 0 Å². The number of nitrogens with zero attached hydrogens (tertiary/aromatic N) is 6. The zero-order valence-corrected chi connectivity index (χ0v) is 17.1. The maximum atomic E-state index is 13.9. The number of hydrogen-bond donors (Lipinski definition) is 0. The van der Waals surface area contributed by atoms with Crippen molar-refractivity contribution in [3.8, 4) is 0 Å². The molecule has 0 amide bonds. The van der Waals surface area contributed by atoms with Gasteiger partial charge in [0, 0.05) is 62.1 Å². The molecule has 2 saturated heterocycles. The molecule has 0 unspecified atom stereocenters. The molecule has 30 heavy (non-hydrogen) atoms. The highest BCUT2D eigenvalue weighted by molar-refractivity contribution is 5.92. The summed E-state index contributed by atoms with van der Waals surface area (Å²) in [4.78, 5) is 20.4. The highest BCUT2D eigenvalue weighted by Gasteiger charge is 2.22. The molecule has 2 fully saturated rings. The summed E-state index contributed by atoms with van der Waals surface area (Å²) in [7, 11) is 0. The highest BCUT2D eigenvalue weighted by Crippen LogP contribution is 2.29. The first-order valence-electron chi connectivity index (χ1n) is 10.4. The van der Waals surface area contributed by atoms with Crippen molar-refractivity contribution in [2.24, 2.45) is 0 Å². The number of aryl methyl sites for hydroxylation is 1. The van der Waals surface area contributed by atoms with E-state index < -0.39 is 0 Å². The minimum Gasteiger partial charge on any atom is -0.378 e. The average molecular weight is 408 g/mol. The number of fused-ring (bicyclic) bond motifs is 1. The summed E-state index contributed by atoms with van der Waals surface area (Å²) in [5.41, 5.74) is 2.82.